The summed E-state index contributed by atoms with van der Waals surface area (Å²) in [6.45, 7) is 0. The fourth-order valence-corrected chi connectivity index (χ4v) is 2.91. The summed E-state index contributed by atoms with van der Waals surface area (Å²) in [6.07, 6.45) is -0.0984. The SMILES string of the molecule is COC(=O)c1ccc(Sc2ccc(OC)c(CC(=O)O)c2)cc1. The summed E-state index contributed by atoms with van der Waals surface area (Å²) < 4.78 is 9.84. The summed E-state index contributed by atoms with van der Waals surface area (Å²) in [5, 5.41) is 8.97. The Morgan fingerprint density at radius 2 is 1.70 bits per heavy atom. The van der Waals surface area contributed by atoms with E-state index in [1.165, 1.54) is 26.0 Å². The second-order valence-electron chi connectivity index (χ2n) is 4.66. The lowest BCUT2D eigenvalue weighted by Crippen LogP contribution is -2.02. The lowest BCUT2D eigenvalue weighted by atomic mass is 10.1. The highest BCUT2D eigenvalue weighted by Gasteiger charge is 2.10. The molecule has 2 aromatic carbocycles. The molecule has 23 heavy (non-hydrogen) atoms. The highest BCUT2D eigenvalue weighted by atomic mass is 32.2. The maximum Gasteiger partial charge on any atom is 0.337 e. The number of methoxy groups -OCH3 is 2. The van der Waals surface area contributed by atoms with Crippen molar-refractivity contribution in [3.63, 3.8) is 0 Å². The molecular weight excluding hydrogens is 316 g/mol. The van der Waals surface area contributed by atoms with Crippen LogP contribution in [0, 0.1) is 0 Å². The number of hydrogen-bond donors (Lipinski definition) is 1. The van der Waals surface area contributed by atoms with Crippen LogP contribution in [-0.2, 0) is 16.0 Å². The van der Waals surface area contributed by atoms with Gasteiger partial charge in [0.2, 0.25) is 0 Å². The molecule has 0 aliphatic carbocycles. The van der Waals surface area contributed by atoms with Gasteiger partial charge >= 0.3 is 11.9 Å². The Morgan fingerprint density at radius 3 is 2.26 bits per heavy atom. The number of ether oxygens (including phenoxy) is 2. The van der Waals surface area contributed by atoms with Crippen LogP contribution < -0.4 is 4.74 Å². The van der Waals surface area contributed by atoms with Gasteiger partial charge < -0.3 is 14.6 Å². The third kappa shape index (κ3) is 4.50. The van der Waals surface area contributed by atoms with Gasteiger partial charge in [-0.15, -0.1) is 0 Å². The van der Waals surface area contributed by atoms with Crippen molar-refractivity contribution in [3.8, 4) is 5.75 Å². The van der Waals surface area contributed by atoms with Crippen molar-refractivity contribution < 1.29 is 24.2 Å². The Morgan fingerprint density at radius 1 is 1.04 bits per heavy atom. The lowest BCUT2D eigenvalue weighted by Gasteiger charge is -2.09. The van der Waals surface area contributed by atoms with E-state index in [1.807, 2.05) is 18.2 Å². The van der Waals surface area contributed by atoms with E-state index in [-0.39, 0.29) is 12.4 Å². The average molecular weight is 332 g/mol. The highest BCUT2D eigenvalue weighted by molar-refractivity contribution is 7.99. The molecule has 6 heteroatoms. The molecular formula is C17H16O5S. The number of carbonyl (C=O) groups excluding carboxylic acids is 1. The van der Waals surface area contributed by atoms with E-state index in [0.29, 0.717) is 16.9 Å². The summed E-state index contributed by atoms with van der Waals surface area (Å²) >= 11 is 1.48. The number of carboxylic acid groups (broad SMARTS) is 1. The van der Waals surface area contributed by atoms with Gasteiger partial charge in [0.25, 0.3) is 0 Å². The van der Waals surface area contributed by atoms with Gasteiger partial charge in [-0.2, -0.15) is 0 Å². The van der Waals surface area contributed by atoms with Gasteiger partial charge in [-0.05, 0) is 42.5 Å². The fraction of sp³-hybridized carbons (Fsp3) is 0.176. The standard InChI is InChI=1S/C17H16O5S/c1-21-15-8-7-14(9-12(15)10-16(18)19)23-13-5-3-11(4-6-13)17(20)22-2/h3-9H,10H2,1-2H3,(H,18,19). The van der Waals surface area contributed by atoms with Gasteiger partial charge in [-0.25, -0.2) is 4.79 Å². The predicted molar refractivity (Wildman–Crippen MR) is 86.2 cm³/mol. The van der Waals surface area contributed by atoms with Gasteiger partial charge in [-0.3, -0.25) is 4.79 Å². The first-order chi connectivity index (χ1) is 11.0. The third-order valence-electron chi connectivity index (χ3n) is 3.10. The van der Waals surface area contributed by atoms with Crippen LogP contribution in [0.25, 0.3) is 0 Å². The van der Waals surface area contributed by atoms with Crippen molar-refractivity contribution >= 4 is 23.7 Å². The molecule has 0 aromatic heterocycles. The van der Waals surface area contributed by atoms with Crippen molar-refractivity contribution in [1.82, 2.24) is 0 Å². The molecule has 5 nitrogen and oxygen atoms in total. The summed E-state index contributed by atoms with van der Waals surface area (Å²) in [7, 11) is 2.85. The summed E-state index contributed by atoms with van der Waals surface area (Å²) in [4.78, 5) is 24.2. The molecule has 0 aliphatic heterocycles. The van der Waals surface area contributed by atoms with Crippen molar-refractivity contribution in [2.45, 2.75) is 16.2 Å². The third-order valence-corrected chi connectivity index (χ3v) is 4.10. The summed E-state index contributed by atoms with van der Waals surface area (Å²) in [6, 6.07) is 12.4. The first-order valence-corrected chi connectivity index (χ1v) is 7.60. The van der Waals surface area contributed by atoms with E-state index in [9.17, 15) is 9.59 Å². The second-order valence-corrected chi connectivity index (χ2v) is 5.81. The van der Waals surface area contributed by atoms with Crippen LogP contribution in [0.2, 0.25) is 0 Å². The van der Waals surface area contributed by atoms with E-state index in [4.69, 9.17) is 9.84 Å². The quantitative estimate of drug-likeness (QED) is 0.819. The molecule has 0 heterocycles. The number of carboxylic acids is 1. The van der Waals surface area contributed by atoms with E-state index in [0.717, 1.165) is 9.79 Å². The zero-order chi connectivity index (χ0) is 16.8. The van der Waals surface area contributed by atoms with Crippen molar-refractivity contribution in [2.24, 2.45) is 0 Å². The fourth-order valence-electron chi connectivity index (χ4n) is 2.03. The summed E-state index contributed by atoms with van der Waals surface area (Å²) in [5.41, 5.74) is 1.11. The van der Waals surface area contributed by atoms with Crippen molar-refractivity contribution in [1.29, 1.82) is 0 Å². The lowest BCUT2D eigenvalue weighted by molar-refractivity contribution is -0.136. The molecule has 2 aromatic rings. The van der Waals surface area contributed by atoms with Crippen LogP contribution in [0.1, 0.15) is 15.9 Å². The maximum atomic E-state index is 11.4. The number of rotatable bonds is 6. The zero-order valence-corrected chi connectivity index (χ0v) is 13.6. The summed E-state index contributed by atoms with van der Waals surface area (Å²) in [5.74, 6) is -0.736. The van der Waals surface area contributed by atoms with Gasteiger partial charge in [0.15, 0.2) is 0 Å². The molecule has 0 spiro atoms. The number of aliphatic carboxylic acids is 1. The first kappa shape index (κ1) is 16.9. The molecule has 120 valence electrons. The zero-order valence-electron chi connectivity index (χ0n) is 12.7. The van der Waals surface area contributed by atoms with Crippen LogP contribution in [0.3, 0.4) is 0 Å². The predicted octanol–water partition coefficient (Wildman–Crippen LogP) is 3.26. The molecule has 0 atom stereocenters. The number of esters is 1. The monoisotopic (exact) mass is 332 g/mol. The molecule has 1 N–H and O–H groups in total. The minimum absolute atomic E-state index is 0.0984. The molecule has 0 radical (unpaired) electrons. The van der Waals surface area contributed by atoms with Crippen LogP contribution in [0.15, 0.2) is 52.3 Å². The maximum absolute atomic E-state index is 11.4. The smallest absolute Gasteiger partial charge is 0.337 e. The minimum Gasteiger partial charge on any atom is -0.496 e. The number of hydrogen-bond acceptors (Lipinski definition) is 5. The van der Waals surface area contributed by atoms with Gasteiger partial charge in [-0.1, -0.05) is 11.8 Å². The average Bonchev–Trinajstić information content (AvgIpc) is 2.54. The molecule has 0 fully saturated rings. The first-order valence-electron chi connectivity index (χ1n) is 6.78. The Kier molecular flexibility index (Phi) is 5.65. The molecule has 0 saturated carbocycles. The molecule has 0 saturated heterocycles. The van der Waals surface area contributed by atoms with Gasteiger partial charge in [0.1, 0.15) is 5.75 Å². The van der Waals surface area contributed by atoms with Crippen molar-refractivity contribution in [2.75, 3.05) is 14.2 Å². The Labute approximate surface area is 138 Å². The van der Waals surface area contributed by atoms with E-state index in [1.54, 1.807) is 24.3 Å². The second kappa shape index (κ2) is 7.69. The Balaban J connectivity index is 2.19. The van der Waals surface area contributed by atoms with E-state index >= 15 is 0 Å². The normalized spacial score (nSPS) is 10.2. The Bertz CT molecular complexity index is 709. The minimum atomic E-state index is -0.909. The highest BCUT2D eigenvalue weighted by Crippen LogP contribution is 2.31. The largest absolute Gasteiger partial charge is 0.496 e. The van der Waals surface area contributed by atoms with E-state index in [2.05, 4.69) is 4.74 Å². The molecule has 0 bridgehead atoms. The topological polar surface area (TPSA) is 72.8 Å². The van der Waals surface area contributed by atoms with Crippen molar-refractivity contribution in [3.05, 3.63) is 53.6 Å². The Hall–Kier alpha value is -2.47. The van der Waals surface area contributed by atoms with Gasteiger partial charge in [0.05, 0.1) is 26.2 Å². The van der Waals surface area contributed by atoms with Crippen LogP contribution in [0.4, 0.5) is 0 Å². The molecule has 0 amide bonds. The molecule has 0 aliphatic rings. The van der Waals surface area contributed by atoms with E-state index < -0.39 is 5.97 Å². The number of benzene rings is 2. The van der Waals surface area contributed by atoms with Gasteiger partial charge in [0, 0.05) is 15.4 Å². The molecule has 0 unspecified atom stereocenters. The molecule has 2 rings (SSSR count). The van der Waals surface area contributed by atoms with Crippen LogP contribution in [0.5, 0.6) is 5.75 Å². The van der Waals surface area contributed by atoms with Crippen LogP contribution >= 0.6 is 11.8 Å². The number of carbonyl (C=O) groups is 2. The van der Waals surface area contributed by atoms with Crippen LogP contribution in [-0.4, -0.2) is 31.3 Å².